The highest BCUT2D eigenvalue weighted by atomic mass is 35.5. The number of amides is 1. The number of carbonyl (C=O) groups excluding carboxylic acids is 1. The molecular weight excluding hydrogens is 345 g/mol. The number of para-hydroxylation sites is 1. The smallest absolute Gasteiger partial charge is 0.252 e. The summed E-state index contributed by atoms with van der Waals surface area (Å²) >= 11 is 13.3. The number of anilines is 1. The number of hydrazine groups is 1. The second-order valence-electron chi connectivity index (χ2n) is 4.58. The molecule has 1 atom stereocenters. The third kappa shape index (κ3) is 2.95. The molecule has 8 heteroatoms. The Labute approximate surface area is 141 Å². The molecule has 0 saturated carbocycles. The molecule has 1 amide bonds. The van der Waals surface area contributed by atoms with Crippen LogP contribution >= 0.6 is 35.0 Å². The SMILES string of the molecule is O=C1CS[C@H](c2ccccc2O)N1Nc1ncc(Cl)cc1Cl. The number of phenolic OH excluding ortho intramolecular Hbond substituents is 1. The molecule has 1 fully saturated rings. The Balaban J connectivity index is 1.90. The molecule has 0 spiro atoms. The Morgan fingerprint density at radius 2 is 2.14 bits per heavy atom. The van der Waals surface area contributed by atoms with Crippen LogP contribution < -0.4 is 5.43 Å². The lowest BCUT2D eigenvalue weighted by molar-refractivity contribution is -0.126. The Morgan fingerprint density at radius 1 is 1.36 bits per heavy atom. The van der Waals surface area contributed by atoms with Crippen molar-refractivity contribution in [3.05, 3.63) is 52.1 Å². The molecule has 2 heterocycles. The number of hydrogen-bond acceptors (Lipinski definition) is 5. The van der Waals surface area contributed by atoms with Gasteiger partial charge in [0.15, 0.2) is 5.82 Å². The van der Waals surface area contributed by atoms with Crippen LogP contribution in [0.15, 0.2) is 36.5 Å². The molecule has 1 aromatic heterocycles. The van der Waals surface area contributed by atoms with Gasteiger partial charge in [0.2, 0.25) is 0 Å². The molecule has 114 valence electrons. The van der Waals surface area contributed by atoms with Crippen molar-refractivity contribution >= 4 is 46.7 Å². The molecule has 22 heavy (non-hydrogen) atoms. The number of thioether (sulfide) groups is 1. The maximum absolute atomic E-state index is 12.1. The van der Waals surface area contributed by atoms with Crippen LogP contribution in [0.4, 0.5) is 5.82 Å². The van der Waals surface area contributed by atoms with E-state index < -0.39 is 0 Å². The van der Waals surface area contributed by atoms with Crippen LogP contribution in [0, 0.1) is 0 Å². The fourth-order valence-corrected chi connectivity index (χ4v) is 3.64. The minimum Gasteiger partial charge on any atom is -0.508 e. The van der Waals surface area contributed by atoms with Crippen molar-refractivity contribution in [3.8, 4) is 5.75 Å². The molecule has 5 nitrogen and oxygen atoms in total. The number of aromatic hydroxyl groups is 1. The van der Waals surface area contributed by atoms with Crippen LogP contribution in [0.2, 0.25) is 10.0 Å². The van der Waals surface area contributed by atoms with Crippen LogP contribution in [0.25, 0.3) is 0 Å². The van der Waals surface area contributed by atoms with Crippen LogP contribution in [0.3, 0.4) is 0 Å². The van der Waals surface area contributed by atoms with Gasteiger partial charge in [-0.1, -0.05) is 41.4 Å². The maximum atomic E-state index is 12.1. The van der Waals surface area contributed by atoms with Gasteiger partial charge in [0.1, 0.15) is 11.1 Å². The number of benzene rings is 1. The van der Waals surface area contributed by atoms with E-state index in [9.17, 15) is 9.90 Å². The van der Waals surface area contributed by atoms with E-state index in [1.165, 1.54) is 23.0 Å². The van der Waals surface area contributed by atoms with Gasteiger partial charge in [0.25, 0.3) is 5.91 Å². The highest BCUT2D eigenvalue weighted by Crippen LogP contribution is 2.42. The van der Waals surface area contributed by atoms with Crippen molar-refractivity contribution in [2.45, 2.75) is 5.37 Å². The number of carbonyl (C=O) groups is 1. The van der Waals surface area contributed by atoms with Gasteiger partial charge < -0.3 is 5.11 Å². The number of halogens is 2. The summed E-state index contributed by atoms with van der Waals surface area (Å²) in [5.41, 5.74) is 3.56. The third-order valence-corrected chi connectivity index (χ3v) is 4.79. The monoisotopic (exact) mass is 355 g/mol. The Hall–Kier alpha value is -1.63. The van der Waals surface area contributed by atoms with Gasteiger partial charge in [-0.3, -0.25) is 10.2 Å². The summed E-state index contributed by atoms with van der Waals surface area (Å²) in [6.45, 7) is 0. The summed E-state index contributed by atoms with van der Waals surface area (Å²) in [7, 11) is 0. The van der Waals surface area contributed by atoms with E-state index in [0.29, 0.717) is 27.2 Å². The van der Waals surface area contributed by atoms with Crippen molar-refractivity contribution < 1.29 is 9.90 Å². The zero-order valence-corrected chi connectivity index (χ0v) is 13.5. The summed E-state index contributed by atoms with van der Waals surface area (Å²) < 4.78 is 0. The van der Waals surface area contributed by atoms with Crippen LogP contribution in [0.5, 0.6) is 5.75 Å². The summed E-state index contributed by atoms with van der Waals surface area (Å²) in [5.74, 6) is 0.655. The lowest BCUT2D eigenvalue weighted by Gasteiger charge is -2.25. The average Bonchev–Trinajstić information content (AvgIpc) is 2.84. The summed E-state index contributed by atoms with van der Waals surface area (Å²) in [4.78, 5) is 16.2. The lowest BCUT2D eigenvalue weighted by atomic mass is 10.2. The van der Waals surface area contributed by atoms with E-state index in [-0.39, 0.29) is 17.0 Å². The van der Waals surface area contributed by atoms with Crippen molar-refractivity contribution in [2.75, 3.05) is 11.2 Å². The van der Waals surface area contributed by atoms with Gasteiger partial charge in [-0.2, -0.15) is 0 Å². The molecule has 0 aliphatic carbocycles. The molecule has 2 aromatic rings. The number of hydrogen-bond donors (Lipinski definition) is 2. The zero-order valence-electron chi connectivity index (χ0n) is 11.2. The van der Waals surface area contributed by atoms with Crippen LogP contribution in [-0.4, -0.2) is 26.8 Å². The number of nitrogens with zero attached hydrogens (tertiary/aromatic N) is 2. The quantitative estimate of drug-likeness (QED) is 0.878. The van der Waals surface area contributed by atoms with Gasteiger partial charge >= 0.3 is 0 Å². The Kier molecular flexibility index (Phi) is 4.33. The molecular formula is C14H11Cl2N3O2S. The molecule has 1 aromatic carbocycles. The van der Waals surface area contributed by atoms with Gasteiger partial charge in [0.05, 0.1) is 15.8 Å². The molecule has 0 radical (unpaired) electrons. The van der Waals surface area contributed by atoms with Crippen molar-refractivity contribution in [1.29, 1.82) is 0 Å². The maximum Gasteiger partial charge on any atom is 0.252 e. The molecule has 1 aliphatic rings. The minimum atomic E-state index is -0.359. The topological polar surface area (TPSA) is 65.5 Å². The first-order valence-corrected chi connectivity index (χ1v) is 8.16. The molecule has 0 unspecified atom stereocenters. The van der Waals surface area contributed by atoms with Gasteiger partial charge in [-0.15, -0.1) is 11.8 Å². The lowest BCUT2D eigenvalue weighted by Crippen LogP contribution is -2.34. The van der Waals surface area contributed by atoms with Gasteiger partial charge in [-0.05, 0) is 12.1 Å². The first-order chi connectivity index (χ1) is 10.6. The summed E-state index contributed by atoms with van der Waals surface area (Å²) in [5, 5.41) is 11.8. The third-order valence-electron chi connectivity index (χ3n) is 3.10. The standard InChI is InChI=1S/C14H11Cl2N3O2S/c15-8-5-10(16)13(17-6-8)18-19-12(21)7-22-14(19)9-3-1-2-4-11(9)20/h1-6,14,20H,7H2,(H,17,18)/t14-/m1/s1. The van der Waals surface area contributed by atoms with Crippen LogP contribution in [-0.2, 0) is 4.79 Å². The Bertz CT molecular complexity index is 729. The van der Waals surface area contributed by atoms with E-state index in [0.717, 1.165) is 0 Å². The van der Waals surface area contributed by atoms with E-state index in [2.05, 4.69) is 10.4 Å². The molecule has 0 bridgehead atoms. The molecule has 1 saturated heterocycles. The zero-order chi connectivity index (χ0) is 15.7. The fraction of sp³-hybridized carbons (Fsp3) is 0.143. The summed E-state index contributed by atoms with van der Waals surface area (Å²) in [6.07, 6.45) is 1.44. The first-order valence-electron chi connectivity index (χ1n) is 6.35. The normalized spacial score (nSPS) is 17.8. The van der Waals surface area contributed by atoms with Gasteiger partial charge in [0, 0.05) is 11.8 Å². The van der Waals surface area contributed by atoms with Crippen molar-refractivity contribution in [1.82, 2.24) is 9.99 Å². The first kappa shape index (κ1) is 15.3. The minimum absolute atomic E-state index is 0.119. The Morgan fingerprint density at radius 3 is 2.86 bits per heavy atom. The number of nitrogens with one attached hydrogen (secondary N) is 1. The number of rotatable bonds is 3. The van der Waals surface area contributed by atoms with Crippen molar-refractivity contribution in [3.63, 3.8) is 0 Å². The number of aromatic nitrogens is 1. The van der Waals surface area contributed by atoms with Gasteiger partial charge in [-0.25, -0.2) is 9.99 Å². The van der Waals surface area contributed by atoms with Crippen molar-refractivity contribution in [2.24, 2.45) is 0 Å². The highest BCUT2D eigenvalue weighted by Gasteiger charge is 2.35. The second-order valence-corrected chi connectivity index (χ2v) is 6.49. The van der Waals surface area contributed by atoms with E-state index >= 15 is 0 Å². The van der Waals surface area contributed by atoms with E-state index in [1.807, 2.05) is 6.07 Å². The molecule has 2 N–H and O–H groups in total. The van der Waals surface area contributed by atoms with E-state index in [1.54, 1.807) is 24.3 Å². The average molecular weight is 356 g/mol. The second kappa shape index (κ2) is 6.24. The van der Waals surface area contributed by atoms with E-state index in [4.69, 9.17) is 23.2 Å². The number of pyridine rings is 1. The molecule has 1 aliphatic heterocycles. The summed E-state index contributed by atoms with van der Waals surface area (Å²) in [6, 6.07) is 8.45. The number of phenols is 1. The predicted molar refractivity (Wildman–Crippen MR) is 88.0 cm³/mol. The fourth-order valence-electron chi connectivity index (χ4n) is 2.08. The highest BCUT2D eigenvalue weighted by molar-refractivity contribution is 8.00. The molecule has 3 rings (SSSR count). The predicted octanol–water partition coefficient (Wildman–Crippen LogP) is 3.70. The largest absolute Gasteiger partial charge is 0.508 e. The van der Waals surface area contributed by atoms with Crippen LogP contribution in [0.1, 0.15) is 10.9 Å².